The highest BCUT2D eigenvalue weighted by Gasteiger charge is 2.53. The molecule has 0 bridgehead atoms. The van der Waals surface area contributed by atoms with Gasteiger partial charge in [0.05, 0.1) is 33.3 Å². The fraction of sp³-hybridized carbons (Fsp3) is 0.522. The first-order valence-electron chi connectivity index (χ1n) is 10.7. The zero-order valence-corrected chi connectivity index (χ0v) is 20.3. The Morgan fingerprint density at radius 3 is 2.12 bits per heavy atom. The molecule has 0 aromatic heterocycles. The van der Waals surface area contributed by atoms with Crippen LogP contribution in [-0.2, 0) is 14.3 Å². The van der Waals surface area contributed by atoms with Gasteiger partial charge in [0.2, 0.25) is 17.6 Å². The maximum absolute atomic E-state index is 12.9. The highest BCUT2D eigenvalue weighted by molar-refractivity contribution is 6.08. The minimum absolute atomic E-state index is 0.326. The monoisotopic (exact) mass is 477 g/mol. The number of amides is 3. The van der Waals surface area contributed by atoms with Crippen LogP contribution in [0.1, 0.15) is 32.4 Å². The molecule has 11 nitrogen and oxygen atoms in total. The van der Waals surface area contributed by atoms with Crippen LogP contribution in [0.2, 0.25) is 0 Å². The molecule has 0 spiro atoms. The van der Waals surface area contributed by atoms with E-state index in [1.54, 1.807) is 45.1 Å². The van der Waals surface area contributed by atoms with E-state index in [1.807, 2.05) is 0 Å². The van der Waals surface area contributed by atoms with Crippen molar-refractivity contribution < 1.29 is 38.4 Å². The lowest BCUT2D eigenvalue weighted by atomic mass is 9.90. The number of benzene rings is 1. The van der Waals surface area contributed by atoms with Gasteiger partial charge in [-0.25, -0.2) is 4.79 Å². The number of hydrogen-bond acceptors (Lipinski definition) is 9. The van der Waals surface area contributed by atoms with Crippen LogP contribution in [0.15, 0.2) is 24.3 Å². The number of likely N-dealkylation sites (N-methyl/N-ethyl adjacent to an activating group) is 1. The van der Waals surface area contributed by atoms with E-state index < -0.39 is 47.6 Å². The number of nitrogens with one attached hydrogen (secondary N) is 1. The third-order valence-electron chi connectivity index (χ3n) is 5.65. The van der Waals surface area contributed by atoms with Crippen molar-refractivity contribution in [3.05, 3.63) is 29.8 Å². The second-order valence-electron chi connectivity index (χ2n) is 9.01. The van der Waals surface area contributed by atoms with Crippen molar-refractivity contribution >= 4 is 17.9 Å². The van der Waals surface area contributed by atoms with Gasteiger partial charge >= 0.3 is 6.09 Å². The molecule has 1 aromatic carbocycles. The molecule has 3 amide bonds. The van der Waals surface area contributed by atoms with E-state index in [-0.39, 0.29) is 0 Å². The van der Waals surface area contributed by atoms with Gasteiger partial charge < -0.3 is 24.1 Å². The number of likely N-dealkylation sites (tertiary alicyclic amines) is 1. The molecule has 0 aliphatic carbocycles. The molecule has 11 heteroatoms. The highest BCUT2D eigenvalue weighted by atomic mass is 16.6. The molecule has 2 aliphatic rings. The van der Waals surface area contributed by atoms with E-state index in [0.717, 1.165) is 4.90 Å². The summed E-state index contributed by atoms with van der Waals surface area (Å²) in [5.41, 5.74) is 2.15. The summed E-state index contributed by atoms with van der Waals surface area (Å²) in [5.74, 6) is -0.711. The van der Waals surface area contributed by atoms with Crippen molar-refractivity contribution in [2.45, 2.75) is 44.6 Å². The Labute approximate surface area is 198 Å². The molecule has 1 saturated heterocycles. The fourth-order valence-electron chi connectivity index (χ4n) is 4.09. The summed E-state index contributed by atoms with van der Waals surface area (Å²) in [5, 5.41) is 12.6. The van der Waals surface area contributed by atoms with E-state index in [0.29, 0.717) is 22.8 Å². The summed E-state index contributed by atoms with van der Waals surface area (Å²) in [6.07, 6.45) is 1.08. The number of methoxy groups -OCH3 is 3. The van der Waals surface area contributed by atoms with Crippen LogP contribution < -0.4 is 19.6 Å². The standard InChI is InChI=1S/C23H31N3O8/c1-23(2,3)34-22(30)24-26-14(9-8-13-17(26)21(29)25(4)20(13)28)18(27)12-10-15(31-5)19(33-7)16(11-12)32-6/h8-11,13-14,17-18,27H,1-7H3,(H,24,30). The summed E-state index contributed by atoms with van der Waals surface area (Å²) in [6.45, 7) is 5.10. The fourth-order valence-corrected chi connectivity index (χ4v) is 4.09. The van der Waals surface area contributed by atoms with Gasteiger partial charge in [-0.3, -0.25) is 19.9 Å². The maximum atomic E-state index is 12.9. The topological polar surface area (TPSA) is 127 Å². The van der Waals surface area contributed by atoms with Crippen LogP contribution in [-0.4, -0.2) is 79.0 Å². The van der Waals surface area contributed by atoms with Crippen molar-refractivity contribution in [2.24, 2.45) is 5.92 Å². The van der Waals surface area contributed by atoms with Crippen molar-refractivity contribution in [3.63, 3.8) is 0 Å². The smallest absolute Gasteiger partial charge is 0.422 e. The summed E-state index contributed by atoms with van der Waals surface area (Å²) in [4.78, 5) is 39.1. The Balaban J connectivity index is 2.03. The molecule has 3 rings (SSSR count). The second kappa shape index (κ2) is 9.51. The molecule has 1 fully saturated rings. The van der Waals surface area contributed by atoms with Crippen molar-refractivity contribution in [3.8, 4) is 17.2 Å². The number of aliphatic hydroxyl groups is 1. The van der Waals surface area contributed by atoms with E-state index in [9.17, 15) is 19.5 Å². The Morgan fingerprint density at radius 1 is 1.03 bits per heavy atom. The molecule has 34 heavy (non-hydrogen) atoms. The van der Waals surface area contributed by atoms with Crippen LogP contribution in [0, 0.1) is 5.92 Å². The molecule has 2 N–H and O–H groups in total. The number of aliphatic hydroxyl groups excluding tert-OH is 1. The summed E-state index contributed by atoms with van der Waals surface area (Å²) >= 11 is 0. The maximum Gasteiger partial charge on any atom is 0.422 e. The van der Waals surface area contributed by atoms with E-state index in [4.69, 9.17) is 18.9 Å². The van der Waals surface area contributed by atoms with Crippen LogP contribution in [0.5, 0.6) is 17.2 Å². The van der Waals surface area contributed by atoms with Crippen LogP contribution in [0.4, 0.5) is 4.79 Å². The van der Waals surface area contributed by atoms with Crippen molar-refractivity contribution in [2.75, 3.05) is 28.4 Å². The van der Waals surface area contributed by atoms with Crippen LogP contribution in [0.25, 0.3) is 0 Å². The van der Waals surface area contributed by atoms with Crippen molar-refractivity contribution in [1.29, 1.82) is 0 Å². The molecule has 2 aliphatic heterocycles. The largest absolute Gasteiger partial charge is 0.493 e. The lowest BCUT2D eigenvalue weighted by Gasteiger charge is -2.40. The van der Waals surface area contributed by atoms with E-state index in [1.165, 1.54) is 33.4 Å². The van der Waals surface area contributed by atoms with Crippen molar-refractivity contribution in [1.82, 2.24) is 15.3 Å². The normalized spacial score (nSPS) is 23.4. The number of carbonyl (C=O) groups excluding carboxylic acids is 3. The van der Waals surface area contributed by atoms with Gasteiger partial charge in [0.15, 0.2) is 11.5 Å². The predicted molar refractivity (Wildman–Crippen MR) is 120 cm³/mol. The van der Waals surface area contributed by atoms with Gasteiger partial charge in [0, 0.05) is 7.05 Å². The number of carbonyl (C=O) groups is 3. The van der Waals surface area contributed by atoms with Gasteiger partial charge in [-0.1, -0.05) is 12.2 Å². The average molecular weight is 478 g/mol. The minimum Gasteiger partial charge on any atom is -0.493 e. The van der Waals surface area contributed by atoms with Crippen LogP contribution in [0.3, 0.4) is 0 Å². The Bertz CT molecular complexity index is 977. The molecule has 0 radical (unpaired) electrons. The second-order valence-corrected chi connectivity index (χ2v) is 9.01. The molecule has 186 valence electrons. The van der Waals surface area contributed by atoms with Gasteiger partial charge in [-0.2, -0.15) is 5.01 Å². The quantitative estimate of drug-likeness (QED) is 0.462. The lowest BCUT2D eigenvalue weighted by Crippen LogP contribution is -2.60. The number of ether oxygens (including phenoxy) is 4. The number of rotatable bonds is 6. The van der Waals surface area contributed by atoms with Gasteiger partial charge in [0.25, 0.3) is 0 Å². The predicted octanol–water partition coefficient (Wildman–Crippen LogP) is 1.41. The highest BCUT2D eigenvalue weighted by Crippen LogP contribution is 2.42. The number of fused-ring (bicyclic) bond motifs is 1. The Hall–Kier alpha value is -3.31. The molecular weight excluding hydrogens is 446 g/mol. The zero-order valence-electron chi connectivity index (χ0n) is 20.3. The zero-order chi connectivity index (χ0) is 25.4. The molecule has 2 heterocycles. The molecular formula is C23H31N3O8. The minimum atomic E-state index is -1.25. The Kier molecular flexibility index (Phi) is 7.08. The third-order valence-corrected chi connectivity index (χ3v) is 5.65. The third kappa shape index (κ3) is 4.66. The first-order valence-corrected chi connectivity index (χ1v) is 10.7. The van der Waals surface area contributed by atoms with Gasteiger partial charge in [0.1, 0.15) is 17.7 Å². The van der Waals surface area contributed by atoms with E-state index >= 15 is 0 Å². The summed E-state index contributed by atoms with van der Waals surface area (Å²) < 4.78 is 21.4. The number of hydrogen-bond donors (Lipinski definition) is 2. The summed E-state index contributed by atoms with van der Waals surface area (Å²) in [7, 11) is 5.75. The first kappa shape index (κ1) is 25.3. The number of nitrogens with zero attached hydrogens (tertiary/aromatic N) is 2. The van der Waals surface area contributed by atoms with Crippen LogP contribution >= 0.6 is 0 Å². The number of hydrazine groups is 1. The molecule has 4 atom stereocenters. The first-order chi connectivity index (χ1) is 15.9. The summed E-state index contributed by atoms with van der Waals surface area (Å²) in [6, 6.07) is 1.19. The molecule has 4 unspecified atom stereocenters. The van der Waals surface area contributed by atoms with Gasteiger partial charge in [-0.15, -0.1) is 0 Å². The molecule has 1 aromatic rings. The SMILES string of the molecule is COc1cc(C(O)C2C=CC3C(=O)N(C)C(=O)C3N2NC(=O)OC(C)(C)C)cc(OC)c1OC. The molecule has 0 saturated carbocycles. The Morgan fingerprint density at radius 2 is 1.62 bits per heavy atom. The van der Waals surface area contributed by atoms with Gasteiger partial charge in [-0.05, 0) is 38.5 Å². The average Bonchev–Trinajstić information content (AvgIpc) is 3.00. The van der Waals surface area contributed by atoms with E-state index in [2.05, 4.69) is 5.43 Å². The number of imide groups is 1. The lowest BCUT2D eigenvalue weighted by molar-refractivity contribution is -0.139.